The molecule has 4 rings (SSSR count). The molecule has 2 aliphatic rings. The molecule has 2 heterocycles. The Labute approximate surface area is 244 Å². The van der Waals surface area contributed by atoms with Gasteiger partial charge in [0.1, 0.15) is 12.4 Å². The van der Waals surface area contributed by atoms with Crippen molar-refractivity contribution in [3.8, 4) is 5.75 Å². The van der Waals surface area contributed by atoms with Crippen molar-refractivity contribution < 1.29 is 17.9 Å². The molecule has 0 aliphatic carbocycles. The summed E-state index contributed by atoms with van der Waals surface area (Å²) in [6.07, 6.45) is 5.72. The highest BCUT2D eigenvalue weighted by atomic mass is 35.5. The highest BCUT2D eigenvalue weighted by Gasteiger charge is 2.26. The standard InChI is InChI=1S/C30H43ClN4O4S/c1-24(2)33-16-7-17-35(40(3,37)38)29-22-27(31)11-8-26(29)23-34(19-18-33)30(36)25-9-12-28(13-10-25)39-21-20-32-14-5-4-6-15-32/h8-13,22,24H,4-7,14-21,23H2,1-3H3. The third-order valence-electron chi connectivity index (χ3n) is 7.78. The molecule has 40 heavy (non-hydrogen) atoms. The molecule has 2 aromatic carbocycles. The maximum atomic E-state index is 13.8. The number of carbonyl (C=O) groups is 1. The van der Waals surface area contributed by atoms with Gasteiger partial charge in [-0.1, -0.05) is 24.1 Å². The number of benzene rings is 2. The van der Waals surface area contributed by atoms with Crippen molar-refractivity contribution in [1.82, 2.24) is 14.7 Å². The zero-order valence-electron chi connectivity index (χ0n) is 24.0. The Hall–Kier alpha value is -2.33. The summed E-state index contributed by atoms with van der Waals surface area (Å²) in [4.78, 5) is 20.4. The molecular formula is C30H43ClN4O4S. The first-order valence-electron chi connectivity index (χ1n) is 14.4. The molecule has 2 aliphatic heterocycles. The van der Waals surface area contributed by atoms with Gasteiger partial charge in [0, 0.05) is 55.9 Å². The number of hydrogen-bond acceptors (Lipinski definition) is 6. The average Bonchev–Trinajstić information content (AvgIpc) is 2.96. The van der Waals surface area contributed by atoms with Crippen LogP contribution >= 0.6 is 11.6 Å². The molecule has 8 nitrogen and oxygen atoms in total. The number of carbonyl (C=O) groups excluding carboxylic acids is 1. The van der Waals surface area contributed by atoms with Crippen LogP contribution in [-0.2, 0) is 16.6 Å². The van der Waals surface area contributed by atoms with Crippen molar-refractivity contribution in [3.63, 3.8) is 0 Å². The number of likely N-dealkylation sites (tertiary alicyclic amines) is 1. The van der Waals surface area contributed by atoms with Crippen molar-refractivity contribution in [2.24, 2.45) is 0 Å². The monoisotopic (exact) mass is 590 g/mol. The quantitative estimate of drug-likeness (QED) is 0.464. The molecule has 1 fully saturated rings. The van der Waals surface area contributed by atoms with E-state index in [1.807, 2.05) is 30.3 Å². The van der Waals surface area contributed by atoms with Crippen LogP contribution in [0.25, 0.3) is 0 Å². The van der Waals surface area contributed by atoms with Gasteiger partial charge in [-0.25, -0.2) is 8.42 Å². The van der Waals surface area contributed by atoms with Crippen molar-refractivity contribution in [1.29, 1.82) is 0 Å². The smallest absolute Gasteiger partial charge is 0.254 e. The van der Waals surface area contributed by atoms with E-state index in [0.717, 1.165) is 37.5 Å². The van der Waals surface area contributed by atoms with E-state index in [-0.39, 0.29) is 18.5 Å². The van der Waals surface area contributed by atoms with Crippen LogP contribution < -0.4 is 9.04 Å². The molecule has 0 radical (unpaired) electrons. The lowest BCUT2D eigenvalue weighted by Gasteiger charge is -2.30. The minimum absolute atomic E-state index is 0.102. The van der Waals surface area contributed by atoms with Crippen LogP contribution in [-0.4, -0.2) is 93.7 Å². The third-order valence-corrected chi connectivity index (χ3v) is 9.20. The Morgan fingerprint density at radius 2 is 1.65 bits per heavy atom. The lowest BCUT2D eigenvalue weighted by molar-refractivity contribution is 0.0712. The van der Waals surface area contributed by atoms with E-state index < -0.39 is 10.0 Å². The van der Waals surface area contributed by atoms with Crippen LogP contribution in [0.1, 0.15) is 55.5 Å². The maximum absolute atomic E-state index is 13.8. The summed E-state index contributed by atoms with van der Waals surface area (Å²) in [7, 11) is -3.55. The fourth-order valence-electron chi connectivity index (χ4n) is 5.47. The van der Waals surface area contributed by atoms with Crippen LogP contribution in [0, 0.1) is 0 Å². The lowest BCUT2D eigenvalue weighted by Crippen LogP contribution is -2.41. The normalized spacial score (nSPS) is 18.3. The summed E-state index contributed by atoms with van der Waals surface area (Å²) in [5.41, 5.74) is 1.85. The van der Waals surface area contributed by atoms with Crippen molar-refractivity contribution in [3.05, 3.63) is 58.6 Å². The minimum Gasteiger partial charge on any atom is -0.492 e. The Morgan fingerprint density at radius 1 is 0.925 bits per heavy atom. The Morgan fingerprint density at radius 3 is 2.33 bits per heavy atom. The number of nitrogens with zero attached hydrogens (tertiary/aromatic N) is 4. The Kier molecular flexibility index (Phi) is 10.7. The summed E-state index contributed by atoms with van der Waals surface area (Å²) < 4.78 is 33.1. The zero-order chi connectivity index (χ0) is 28.7. The summed E-state index contributed by atoms with van der Waals surface area (Å²) >= 11 is 6.32. The molecular weight excluding hydrogens is 548 g/mol. The third kappa shape index (κ3) is 8.35. The molecule has 0 saturated carbocycles. The van der Waals surface area contributed by atoms with Crippen molar-refractivity contribution in [2.75, 3.05) is 63.0 Å². The predicted octanol–water partition coefficient (Wildman–Crippen LogP) is 4.73. The molecule has 0 aromatic heterocycles. The van der Waals surface area contributed by atoms with Gasteiger partial charge < -0.3 is 9.64 Å². The second kappa shape index (κ2) is 14.0. The van der Waals surface area contributed by atoms with Gasteiger partial charge in [0.2, 0.25) is 10.0 Å². The van der Waals surface area contributed by atoms with Gasteiger partial charge in [-0.2, -0.15) is 0 Å². The van der Waals surface area contributed by atoms with Gasteiger partial charge in [0.25, 0.3) is 5.91 Å². The Balaban J connectivity index is 1.54. The number of sulfonamides is 1. The van der Waals surface area contributed by atoms with E-state index in [1.54, 1.807) is 17.0 Å². The fourth-order valence-corrected chi connectivity index (χ4v) is 6.63. The maximum Gasteiger partial charge on any atom is 0.254 e. The first-order chi connectivity index (χ1) is 19.1. The number of hydrogen-bond donors (Lipinski definition) is 0. The van der Waals surface area contributed by atoms with E-state index in [1.165, 1.54) is 29.8 Å². The number of halogens is 1. The molecule has 1 amide bonds. The van der Waals surface area contributed by atoms with E-state index >= 15 is 0 Å². The minimum atomic E-state index is -3.55. The van der Waals surface area contributed by atoms with E-state index in [4.69, 9.17) is 16.3 Å². The summed E-state index contributed by atoms with van der Waals surface area (Å²) in [6.45, 7) is 10.6. The molecule has 1 saturated heterocycles. The van der Waals surface area contributed by atoms with Crippen molar-refractivity contribution >= 4 is 33.2 Å². The van der Waals surface area contributed by atoms with Gasteiger partial charge >= 0.3 is 0 Å². The molecule has 0 N–H and O–H groups in total. The molecule has 0 atom stereocenters. The Bertz CT molecular complexity index is 1230. The zero-order valence-corrected chi connectivity index (χ0v) is 25.6. The van der Waals surface area contributed by atoms with Gasteiger partial charge in [-0.15, -0.1) is 0 Å². The predicted molar refractivity (Wildman–Crippen MR) is 162 cm³/mol. The van der Waals surface area contributed by atoms with E-state index in [9.17, 15) is 13.2 Å². The molecule has 0 unspecified atom stereocenters. The van der Waals surface area contributed by atoms with Crippen molar-refractivity contribution in [2.45, 2.75) is 52.1 Å². The van der Waals surface area contributed by atoms with Gasteiger partial charge in [-0.3, -0.25) is 18.9 Å². The summed E-state index contributed by atoms with van der Waals surface area (Å²) in [6, 6.07) is 12.9. The topological polar surface area (TPSA) is 73.4 Å². The number of amides is 1. The largest absolute Gasteiger partial charge is 0.492 e. The average molecular weight is 591 g/mol. The van der Waals surface area contributed by atoms with Crippen LogP contribution in [0.15, 0.2) is 42.5 Å². The highest BCUT2D eigenvalue weighted by molar-refractivity contribution is 7.92. The number of fused-ring (bicyclic) bond motifs is 1. The fraction of sp³-hybridized carbons (Fsp3) is 0.567. The van der Waals surface area contributed by atoms with Gasteiger partial charge in [0.05, 0.1) is 11.9 Å². The summed E-state index contributed by atoms with van der Waals surface area (Å²) in [5.74, 6) is 0.649. The molecule has 0 bridgehead atoms. The molecule has 220 valence electrons. The summed E-state index contributed by atoms with van der Waals surface area (Å²) in [5, 5.41) is 0.458. The first-order valence-corrected chi connectivity index (χ1v) is 16.6. The van der Waals surface area contributed by atoms with E-state index in [0.29, 0.717) is 48.9 Å². The second-order valence-electron chi connectivity index (χ2n) is 11.1. The first kappa shape index (κ1) is 30.6. The van der Waals surface area contributed by atoms with Crippen LogP contribution in [0.4, 0.5) is 5.69 Å². The molecule has 10 heteroatoms. The number of rotatable bonds is 7. The lowest BCUT2D eigenvalue weighted by atomic mass is 10.1. The SMILES string of the molecule is CC(C)N1CCCN(S(C)(=O)=O)c2cc(Cl)ccc2CN(C(=O)c2ccc(OCCN3CCCCC3)cc2)CC1. The van der Waals surface area contributed by atoms with Crippen LogP contribution in [0.3, 0.4) is 0 Å². The van der Waals surface area contributed by atoms with Gasteiger partial charge in [-0.05, 0) is 88.2 Å². The number of anilines is 1. The number of piperidine rings is 1. The van der Waals surface area contributed by atoms with Crippen LogP contribution in [0.2, 0.25) is 5.02 Å². The molecule has 0 spiro atoms. The van der Waals surface area contributed by atoms with Crippen LogP contribution in [0.5, 0.6) is 5.75 Å². The van der Waals surface area contributed by atoms with Gasteiger partial charge in [0.15, 0.2) is 0 Å². The van der Waals surface area contributed by atoms with E-state index in [2.05, 4.69) is 23.6 Å². The molecule has 2 aromatic rings. The second-order valence-corrected chi connectivity index (χ2v) is 13.4. The number of ether oxygens (including phenoxy) is 1. The highest BCUT2D eigenvalue weighted by Crippen LogP contribution is 2.29.